The molecule has 3 rings (SSSR count). The van der Waals surface area contributed by atoms with E-state index in [9.17, 15) is 0 Å². The van der Waals surface area contributed by atoms with Gasteiger partial charge in [0.25, 0.3) is 0 Å². The van der Waals surface area contributed by atoms with E-state index >= 15 is 0 Å². The minimum atomic E-state index is 0.660. The Morgan fingerprint density at radius 3 is 2.79 bits per heavy atom. The van der Waals surface area contributed by atoms with E-state index in [4.69, 9.17) is 16.3 Å². The molecule has 3 aromatic rings. The molecular formula is C15H13ClN2O. The van der Waals surface area contributed by atoms with Gasteiger partial charge in [-0.15, -0.1) is 0 Å². The molecule has 1 heterocycles. The number of aromatic amines is 1. The Morgan fingerprint density at radius 1 is 1.21 bits per heavy atom. The van der Waals surface area contributed by atoms with Crippen molar-refractivity contribution >= 4 is 22.6 Å². The second kappa shape index (κ2) is 4.59. The summed E-state index contributed by atoms with van der Waals surface area (Å²) in [6, 6.07) is 11.6. The Labute approximate surface area is 116 Å². The highest BCUT2D eigenvalue weighted by molar-refractivity contribution is 6.30. The summed E-state index contributed by atoms with van der Waals surface area (Å²) >= 11 is 6.06. The van der Waals surface area contributed by atoms with Gasteiger partial charge in [-0.25, -0.2) is 4.98 Å². The summed E-state index contributed by atoms with van der Waals surface area (Å²) in [6.45, 7) is 2.04. The van der Waals surface area contributed by atoms with Crippen molar-refractivity contribution in [3.63, 3.8) is 0 Å². The lowest BCUT2D eigenvalue weighted by Gasteiger charge is -2.06. The number of para-hydroxylation sites is 1. The Kier molecular flexibility index (Phi) is 2.91. The van der Waals surface area contributed by atoms with Crippen molar-refractivity contribution in [3.8, 4) is 17.1 Å². The molecule has 0 amide bonds. The van der Waals surface area contributed by atoms with Crippen molar-refractivity contribution < 1.29 is 4.74 Å². The highest BCUT2D eigenvalue weighted by Crippen LogP contribution is 2.32. The van der Waals surface area contributed by atoms with E-state index in [1.807, 2.05) is 37.3 Å². The van der Waals surface area contributed by atoms with Gasteiger partial charge in [0.1, 0.15) is 11.6 Å². The number of fused-ring (bicyclic) bond motifs is 1. The number of nitrogens with one attached hydrogen (secondary N) is 1. The number of imidazole rings is 1. The Bertz CT molecular complexity index is 749. The fraction of sp³-hybridized carbons (Fsp3) is 0.133. The van der Waals surface area contributed by atoms with Crippen LogP contribution in [0, 0.1) is 6.92 Å². The summed E-state index contributed by atoms with van der Waals surface area (Å²) in [5, 5.41) is 0.660. The molecule has 0 unspecified atom stereocenters. The van der Waals surface area contributed by atoms with Gasteiger partial charge in [-0.2, -0.15) is 0 Å². The number of ether oxygens (including phenoxy) is 1. The predicted molar refractivity (Wildman–Crippen MR) is 77.8 cm³/mol. The van der Waals surface area contributed by atoms with Crippen LogP contribution in [-0.2, 0) is 0 Å². The first-order valence-corrected chi connectivity index (χ1v) is 6.36. The number of H-pyrrole nitrogens is 1. The van der Waals surface area contributed by atoms with Crippen molar-refractivity contribution in [3.05, 3.63) is 47.0 Å². The molecule has 0 saturated heterocycles. The highest BCUT2D eigenvalue weighted by Gasteiger charge is 2.12. The zero-order chi connectivity index (χ0) is 13.4. The molecule has 0 radical (unpaired) electrons. The number of nitrogens with zero attached hydrogens (tertiary/aromatic N) is 1. The molecular weight excluding hydrogens is 260 g/mol. The topological polar surface area (TPSA) is 37.9 Å². The van der Waals surface area contributed by atoms with Gasteiger partial charge < -0.3 is 9.72 Å². The average molecular weight is 273 g/mol. The number of halogens is 1. The van der Waals surface area contributed by atoms with Gasteiger partial charge >= 0.3 is 0 Å². The van der Waals surface area contributed by atoms with Gasteiger partial charge in [0, 0.05) is 5.02 Å². The van der Waals surface area contributed by atoms with Crippen LogP contribution in [0.15, 0.2) is 36.4 Å². The molecule has 3 nitrogen and oxygen atoms in total. The van der Waals surface area contributed by atoms with E-state index in [2.05, 4.69) is 9.97 Å². The van der Waals surface area contributed by atoms with Crippen molar-refractivity contribution in [1.82, 2.24) is 9.97 Å². The Hall–Kier alpha value is -2.00. The second-order valence-corrected chi connectivity index (χ2v) is 4.84. The fourth-order valence-electron chi connectivity index (χ4n) is 2.17. The quantitative estimate of drug-likeness (QED) is 0.759. The number of rotatable bonds is 2. The van der Waals surface area contributed by atoms with Crippen LogP contribution < -0.4 is 4.74 Å². The van der Waals surface area contributed by atoms with Crippen LogP contribution >= 0.6 is 11.6 Å². The zero-order valence-corrected chi connectivity index (χ0v) is 11.5. The van der Waals surface area contributed by atoms with E-state index in [1.54, 1.807) is 13.2 Å². The van der Waals surface area contributed by atoms with E-state index in [1.165, 1.54) is 0 Å². The third-order valence-corrected chi connectivity index (χ3v) is 3.37. The van der Waals surface area contributed by atoms with E-state index in [0.717, 1.165) is 33.7 Å². The van der Waals surface area contributed by atoms with Crippen molar-refractivity contribution in [2.45, 2.75) is 6.92 Å². The normalized spacial score (nSPS) is 10.9. The summed E-state index contributed by atoms with van der Waals surface area (Å²) in [5.41, 5.74) is 3.99. The van der Waals surface area contributed by atoms with Crippen molar-refractivity contribution in [1.29, 1.82) is 0 Å². The minimum Gasteiger partial charge on any atom is -0.496 e. The highest BCUT2D eigenvalue weighted by atomic mass is 35.5. The summed E-state index contributed by atoms with van der Waals surface area (Å²) in [4.78, 5) is 7.94. The molecule has 1 N–H and O–H groups in total. The molecule has 0 aliphatic rings. The van der Waals surface area contributed by atoms with Crippen LogP contribution in [0.4, 0.5) is 0 Å². The maximum atomic E-state index is 6.06. The summed E-state index contributed by atoms with van der Waals surface area (Å²) in [5.74, 6) is 1.52. The number of hydrogen-bond donors (Lipinski definition) is 1. The third kappa shape index (κ3) is 2.06. The van der Waals surface area contributed by atoms with Gasteiger partial charge in [0.2, 0.25) is 0 Å². The number of benzene rings is 2. The minimum absolute atomic E-state index is 0.660. The predicted octanol–water partition coefficient (Wildman–Crippen LogP) is 4.20. The maximum Gasteiger partial charge on any atom is 0.142 e. The van der Waals surface area contributed by atoms with Gasteiger partial charge in [0.15, 0.2) is 0 Å². The lowest BCUT2D eigenvalue weighted by Crippen LogP contribution is -1.89. The first-order chi connectivity index (χ1) is 9.19. The van der Waals surface area contributed by atoms with Crippen LogP contribution in [-0.4, -0.2) is 17.1 Å². The lowest BCUT2D eigenvalue weighted by molar-refractivity contribution is 0.416. The van der Waals surface area contributed by atoms with Crippen LogP contribution in [0.1, 0.15) is 5.56 Å². The molecule has 4 heteroatoms. The van der Waals surface area contributed by atoms with Crippen LogP contribution in [0.5, 0.6) is 5.75 Å². The number of aromatic nitrogens is 2. The number of hydrogen-bond acceptors (Lipinski definition) is 2. The largest absolute Gasteiger partial charge is 0.496 e. The van der Waals surface area contributed by atoms with Crippen LogP contribution in [0.3, 0.4) is 0 Å². The van der Waals surface area contributed by atoms with Crippen molar-refractivity contribution in [2.75, 3.05) is 7.11 Å². The molecule has 0 aliphatic carbocycles. The van der Waals surface area contributed by atoms with Gasteiger partial charge in [0.05, 0.1) is 23.7 Å². The Morgan fingerprint density at radius 2 is 2.05 bits per heavy atom. The number of methoxy groups -OCH3 is 1. The average Bonchev–Trinajstić information content (AvgIpc) is 2.84. The van der Waals surface area contributed by atoms with Crippen LogP contribution in [0.2, 0.25) is 5.02 Å². The summed E-state index contributed by atoms with van der Waals surface area (Å²) in [6.07, 6.45) is 0. The third-order valence-electron chi connectivity index (χ3n) is 3.13. The standard InChI is InChI=1S/C15H13ClN2O/c1-9-4-3-5-12-14(9)18-15(17-12)11-8-10(16)6-7-13(11)19-2/h3-8H,1-2H3,(H,17,18). The molecule has 19 heavy (non-hydrogen) atoms. The van der Waals surface area contributed by atoms with E-state index in [0.29, 0.717) is 5.02 Å². The van der Waals surface area contributed by atoms with Gasteiger partial charge in [-0.1, -0.05) is 23.7 Å². The molecule has 0 fully saturated rings. The molecule has 0 spiro atoms. The Balaban J connectivity index is 2.24. The van der Waals surface area contributed by atoms with E-state index in [-0.39, 0.29) is 0 Å². The maximum absolute atomic E-state index is 6.06. The zero-order valence-electron chi connectivity index (χ0n) is 10.7. The lowest BCUT2D eigenvalue weighted by atomic mass is 10.2. The molecule has 0 bridgehead atoms. The van der Waals surface area contributed by atoms with Gasteiger partial charge in [-0.05, 0) is 36.8 Å². The molecule has 1 aromatic heterocycles. The van der Waals surface area contributed by atoms with Crippen molar-refractivity contribution in [2.24, 2.45) is 0 Å². The molecule has 2 aromatic carbocycles. The monoisotopic (exact) mass is 272 g/mol. The molecule has 0 saturated carbocycles. The smallest absolute Gasteiger partial charge is 0.142 e. The molecule has 0 atom stereocenters. The summed E-state index contributed by atoms with van der Waals surface area (Å²) in [7, 11) is 1.64. The molecule has 0 aliphatic heterocycles. The first kappa shape index (κ1) is 12.1. The summed E-state index contributed by atoms with van der Waals surface area (Å²) < 4.78 is 5.36. The fourth-order valence-corrected chi connectivity index (χ4v) is 2.34. The SMILES string of the molecule is COc1ccc(Cl)cc1-c1nc2c(C)cccc2[nH]1. The second-order valence-electron chi connectivity index (χ2n) is 4.40. The van der Waals surface area contributed by atoms with Gasteiger partial charge in [-0.3, -0.25) is 0 Å². The first-order valence-electron chi connectivity index (χ1n) is 5.98. The van der Waals surface area contributed by atoms with Crippen LogP contribution in [0.25, 0.3) is 22.4 Å². The number of aryl methyl sites for hydroxylation is 1. The molecule has 96 valence electrons. The van der Waals surface area contributed by atoms with E-state index < -0.39 is 0 Å².